The molecule has 0 aromatic rings. The first kappa shape index (κ1) is 12.7. The second-order valence-electron chi connectivity index (χ2n) is 5.41. The lowest BCUT2D eigenvalue weighted by Gasteiger charge is -2.31. The Morgan fingerprint density at radius 1 is 1.41 bits per heavy atom. The molecule has 0 aromatic heterocycles. The highest BCUT2D eigenvalue weighted by Gasteiger charge is 2.49. The Morgan fingerprint density at radius 3 is 2.71 bits per heavy atom. The molecule has 0 N–H and O–H groups in total. The van der Waals surface area contributed by atoms with Gasteiger partial charge in [0.05, 0.1) is 18.2 Å². The largest absolute Gasteiger partial charge is 0.377 e. The van der Waals surface area contributed by atoms with Crippen LogP contribution in [-0.2, 0) is 4.74 Å². The minimum atomic E-state index is -1.52. The molecule has 2 aliphatic rings. The van der Waals surface area contributed by atoms with Crippen molar-refractivity contribution in [1.29, 1.82) is 0 Å². The third-order valence-corrected chi connectivity index (χ3v) is 3.54. The maximum absolute atomic E-state index is 12.7. The van der Waals surface area contributed by atoms with E-state index in [9.17, 15) is 8.78 Å². The van der Waals surface area contributed by atoms with Crippen molar-refractivity contribution in [2.75, 3.05) is 19.7 Å². The second-order valence-corrected chi connectivity index (χ2v) is 5.41. The van der Waals surface area contributed by atoms with Gasteiger partial charge < -0.3 is 4.74 Å². The predicted octanol–water partition coefficient (Wildman–Crippen LogP) is 2.97. The molecule has 0 bridgehead atoms. The van der Waals surface area contributed by atoms with Gasteiger partial charge in [-0.05, 0) is 26.7 Å². The summed E-state index contributed by atoms with van der Waals surface area (Å²) in [6, 6.07) is 0. The summed E-state index contributed by atoms with van der Waals surface area (Å²) >= 11 is 0. The topological polar surface area (TPSA) is 12.5 Å². The van der Waals surface area contributed by atoms with E-state index in [0.717, 1.165) is 18.5 Å². The first-order chi connectivity index (χ1) is 7.93. The first-order valence-corrected chi connectivity index (χ1v) is 5.99. The monoisotopic (exact) mass is 243 g/mol. The molecule has 2 saturated heterocycles. The molecule has 0 saturated carbocycles. The van der Waals surface area contributed by atoms with Gasteiger partial charge in [-0.25, -0.2) is 0 Å². The number of ether oxygens (including phenoxy) is 1. The van der Waals surface area contributed by atoms with Crippen LogP contribution < -0.4 is 0 Å². The predicted molar refractivity (Wildman–Crippen MR) is 63.0 cm³/mol. The van der Waals surface area contributed by atoms with Crippen LogP contribution in [0.5, 0.6) is 0 Å². The van der Waals surface area contributed by atoms with E-state index in [2.05, 4.69) is 11.5 Å². The zero-order chi connectivity index (χ0) is 12.6. The lowest BCUT2D eigenvalue weighted by Crippen LogP contribution is -2.43. The van der Waals surface area contributed by atoms with Crippen LogP contribution >= 0.6 is 0 Å². The van der Waals surface area contributed by atoms with E-state index in [1.165, 1.54) is 0 Å². The fourth-order valence-electron chi connectivity index (χ4n) is 2.79. The molecule has 96 valence electrons. The number of nitrogens with zero attached hydrogens (tertiary/aromatic N) is 1. The van der Waals surface area contributed by atoms with Crippen molar-refractivity contribution >= 4 is 0 Å². The maximum Gasteiger partial charge on any atom is 0.270 e. The highest BCUT2D eigenvalue weighted by molar-refractivity contribution is 5.28. The summed E-state index contributed by atoms with van der Waals surface area (Å²) in [6.45, 7) is 9.51. The Morgan fingerprint density at radius 2 is 2.12 bits per heavy atom. The summed E-state index contributed by atoms with van der Waals surface area (Å²) in [4.78, 5) is 2.09. The van der Waals surface area contributed by atoms with Crippen molar-refractivity contribution in [2.24, 2.45) is 0 Å². The fourth-order valence-corrected chi connectivity index (χ4v) is 2.79. The van der Waals surface area contributed by atoms with Gasteiger partial charge in [0.2, 0.25) is 0 Å². The van der Waals surface area contributed by atoms with Gasteiger partial charge >= 0.3 is 0 Å². The number of hydrogen-bond donors (Lipinski definition) is 0. The summed E-state index contributed by atoms with van der Waals surface area (Å²) < 4.78 is 31.1. The van der Waals surface area contributed by atoms with E-state index in [1.54, 1.807) is 0 Å². The van der Waals surface area contributed by atoms with Gasteiger partial charge in [0, 0.05) is 18.7 Å². The Balaban J connectivity index is 2.16. The minimum absolute atomic E-state index is 0.128. The molecule has 2 heterocycles. The summed E-state index contributed by atoms with van der Waals surface area (Å²) in [6.07, 6.45) is -0.199. The van der Waals surface area contributed by atoms with Crippen LogP contribution in [0.1, 0.15) is 26.7 Å². The average molecular weight is 243 g/mol. The highest BCUT2D eigenvalue weighted by Crippen LogP contribution is 2.44. The third-order valence-electron chi connectivity index (χ3n) is 3.54. The zero-order valence-corrected chi connectivity index (χ0v) is 10.4. The first-order valence-electron chi connectivity index (χ1n) is 5.99. The smallest absolute Gasteiger partial charge is 0.270 e. The lowest BCUT2D eigenvalue weighted by atomic mass is 9.92. The number of rotatable bonds is 3. The van der Waals surface area contributed by atoms with Crippen molar-refractivity contribution in [3.63, 3.8) is 0 Å². The molecular weight excluding hydrogens is 224 g/mol. The molecule has 0 amide bonds. The number of halogens is 2. The van der Waals surface area contributed by atoms with E-state index in [0.29, 0.717) is 19.6 Å². The molecule has 17 heavy (non-hydrogen) atoms. The molecule has 2 nitrogen and oxygen atoms in total. The third kappa shape index (κ3) is 2.43. The van der Waals surface area contributed by atoms with Crippen LogP contribution in [-0.4, -0.2) is 36.2 Å². The molecule has 0 unspecified atom stereocenters. The van der Waals surface area contributed by atoms with Gasteiger partial charge in [0.25, 0.3) is 6.08 Å². The van der Waals surface area contributed by atoms with Gasteiger partial charge in [0.1, 0.15) is 0 Å². The summed E-state index contributed by atoms with van der Waals surface area (Å²) in [5, 5.41) is 0. The van der Waals surface area contributed by atoms with Crippen molar-refractivity contribution < 1.29 is 13.5 Å². The van der Waals surface area contributed by atoms with Gasteiger partial charge in [-0.1, -0.05) is 12.2 Å². The lowest BCUT2D eigenvalue weighted by molar-refractivity contribution is 0.00343. The zero-order valence-electron chi connectivity index (χ0n) is 10.4. The van der Waals surface area contributed by atoms with Crippen molar-refractivity contribution in [3.8, 4) is 0 Å². The average Bonchev–Trinajstić information content (AvgIpc) is 2.67. The summed E-state index contributed by atoms with van der Waals surface area (Å²) in [5.41, 5.74) is 1.13. The fraction of sp³-hybridized carbons (Fsp3) is 0.692. The Kier molecular flexibility index (Phi) is 3.36. The molecule has 0 aliphatic carbocycles. The molecule has 1 atom stereocenters. The molecule has 0 radical (unpaired) electrons. The summed E-state index contributed by atoms with van der Waals surface area (Å²) in [7, 11) is 0. The Hall–Kier alpha value is -0.740. The number of hydrogen-bond acceptors (Lipinski definition) is 2. The van der Waals surface area contributed by atoms with Gasteiger partial charge in [-0.15, -0.1) is 0 Å². The van der Waals surface area contributed by atoms with Crippen LogP contribution in [0.25, 0.3) is 0 Å². The van der Waals surface area contributed by atoms with Crippen LogP contribution in [0, 0.1) is 0 Å². The summed E-state index contributed by atoms with van der Waals surface area (Å²) in [5.74, 6) is 0. The van der Waals surface area contributed by atoms with Gasteiger partial charge in [0.15, 0.2) is 0 Å². The van der Waals surface area contributed by atoms with Crippen LogP contribution in [0.3, 0.4) is 0 Å². The van der Waals surface area contributed by atoms with Crippen LogP contribution in [0.4, 0.5) is 8.78 Å². The quantitative estimate of drug-likeness (QED) is 0.707. The van der Waals surface area contributed by atoms with Crippen molar-refractivity contribution in [2.45, 2.75) is 38.3 Å². The Bertz CT molecular complexity index is 360. The van der Waals surface area contributed by atoms with Crippen LogP contribution in [0.15, 0.2) is 23.8 Å². The van der Waals surface area contributed by atoms with Crippen molar-refractivity contribution in [1.82, 2.24) is 4.90 Å². The minimum Gasteiger partial charge on any atom is -0.377 e. The van der Waals surface area contributed by atoms with Crippen LogP contribution in [0.2, 0.25) is 0 Å². The van der Waals surface area contributed by atoms with E-state index in [4.69, 9.17) is 4.74 Å². The standard InChI is InChI=1S/C13H19F2NO/c1-9(2)17-8-13-4-10(3)6-16(13)7-11(5-13)12(14)15/h9H,3-8H2,1-2H3/t13-/m1/s1. The molecular formula is C13H19F2NO. The van der Waals surface area contributed by atoms with Gasteiger partial charge in [-0.3, -0.25) is 4.90 Å². The number of fused-ring (bicyclic) bond motifs is 1. The molecule has 2 rings (SSSR count). The molecule has 0 aromatic carbocycles. The molecule has 2 fully saturated rings. The SMILES string of the molecule is C=C1CN2CC(=C(F)F)C[C@@]2(COC(C)C)C1. The Labute approximate surface area is 101 Å². The molecule has 4 heteroatoms. The molecule has 0 spiro atoms. The van der Waals surface area contributed by atoms with Crippen molar-refractivity contribution in [3.05, 3.63) is 23.8 Å². The van der Waals surface area contributed by atoms with E-state index >= 15 is 0 Å². The normalized spacial score (nSPS) is 29.2. The van der Waals surface area contributed by atoms with Gasteiger partial charge in [-0.2, -0.15) is 8.78 Å². The van der Waals surface area contributed by atoms with E-state index in [-0.39, 0.29) is 17.2 Å². The van der Waals surface area contributed by atoms with E-state index < -0.39 is 6.08 Å². The highest BCUT2D eigenvalue weighted by atomic mass is 19.3. The van der Waals surface area contributed by atoms with E-state index in [1.807, 2.05) is 13.8 Å². The molecule has 2 aliphatic heterocycles. The second kappa shape index (κ2) is 4.50. The maximum atomic E-state index is 12.7.